The number of methoxy groups -OCH3 is 1. The van der Waals surface area contributed by atoms with E-state index in [1.165, 1.54) is 7.11 Å². The fraction of sp³-hybridized carbons (Fsp3) is 0.529. The number of aliphatic carboxylic acids is 1. The number of aryl methyl sites for hydroxylation is 1. The summed E-state index contributed by atoms with van der Waals surface area (Å²) in [6.07, 6.45) is -4.68. The van der Waals surface area contributed by atoms with Crippen LogP contribution in [0.1, 0.15) is 24.1 Å². The predicted octanol–water partition coefficient (Wildman–Crippen LogP) is 2.97. The monoisotopic (exact) mass is 374 g/mol. The fourth-order valence-electron chi connectivity index (χ4n) is 3.10. The molecular formula is C17H21F3N2O4. The minimum Gasteiger partial charge on any atom is -0.496 e. The third-order valence-corrected chi connectivity index (χ3v) is 4.54. The minimum absolute atomic E-state index is 0.483. The van der Waals surface area contributed by atoms with Crippen LogP contribution in [-0.2, 0) is 4.79 Å². The lowest BCUT2D eigenvalue weighted by Crippen LogP contribution is -2.40. The largest absolute Gasteiger partial charge is 0.496 e. The van der Waals surface area contributed by atoms with Crippen molar-refractivity contribution in [3.63, 3.8) is 0 Å². The number of rotatable bonds is 4. The lowest BCUT2D eigenvalue weighted by Gasteiger charge is -2.23. The average molecular weight is 374 g/mol. The van der Waals surface area contributed by atoms with Gasteiger partial charge in [0, 0.05) is 18.7 Å². The molecule has 1 aliphatic rings. The first-order valence-electron chi connectivity index (χ1n) is 8.04. The Kier molecular flexibility index (Phi) is 5.68. The van der Waals surface area contributed by atoms with Crippen molar-refractivity contribution in [1.29, 1.82) is 0 Å². The Hall–Kier alpha value is -2.45. The van der Waals surface area contributed by atoms with Crippen LogP contribution >= 0.6 is 0 Å². The van der Waals surface area contributed by atoms with Crippen LogP contribution in [0.3, 0.4) is 0 Å². The van der Waals surface area contributed by atoms with Gasteiger partial charge < -0.3 is 20.1 Å². The molecule has 0 unspecified atom stereocenters. The molecule has 1 aromatic carbocycles. The summed E-state index contributed by atoms with van der Waals surface area (Å²) in [5.74, 6) is -4.75. The van der Waals surface area contributed by atoms with Gasteiger partial charge in [0.1, 0.15) is 5.75 Å². The second-order valence-electron chi connectivity index (χ2n) is 6.41. The molecule has 144 valence electrons. The Labute approximate surface area is 148 Å². The summed E-state index contributed by atoms with van der Waals surface area (Å²) in [7, 11) is 1.48. The highest BCUT2D eigenvalue weighted by molar-refractivity contribution is 5.78. The van der Waals surface area contributed by atoms with Gasteiger partial charge in [-0.05, 0) is 19.9 Å². The number of carbonyl (C=O) groups excluding carboxylic acids is 1. The minimum atomic E-state index is -4.68. The third kappa shape index (κ3) is 4.20. The van der Waals surface area contributed by atoms with Gasteiger partial charge in [-0.2, -0.15) is 13.2 Å². The SMILES string of the molecule is COc1ccc(C)cc1[C@H](C)NC(=O)N1C[C@@H](C(F)(F)F)[C@H](C(=O)O)C1. The summed E-state index contributed by atoms with van der Waals surface area (Å²) >= 11 is 0. The van der Waals surface area contributed by atoms with Crippen LogP contribution in [0.4, 0.5) is 18.0 Å². The number of urea groups is 1. The lowest BCUT2D eigenvalue weighted by atomic mass is 9.96. The number of nitrogens with one attached hydrogen (secondary N) is 1. The van der Waals surface area contributed by atoms with Gasteiger partial charge in [0.05, 0.1) is 25.0 Å². The molecule has 9 heteroatoms. The lowest BCUT2D eigenvalue weighted by molar-refractivity contribution is -0.187. The van der Waals surface area contributed by atoms with Crippen molar-refractivity contribution < 1.29 is 32.6 Å². The molecule has 26 heavy (non-hydrogen) atoms. The number of carboxylic acid groups (broad SMARTS) is 1. The number of likely N-dealkylation sites (tertiary alicyclic amines) is 1. The molecule has 0 saturated carbocycles. The maximum absolute atomic E-state index is 13.0. The van der Waals surface area contributed by atoms with Crippen LogP contribution in [0.25, 0.3) is 0 Å². The van der Waals surface area contributed by atoms with Crippen LogP contribution in [0.2, 0.25) is 0 Å². The average Bonchev–Trinajstić information content (AvgIpc) is 3.00. The van der Waals surface area contributed by atoms with E-state index in [0.717, 1.165) is 10.5 Å². The summed E-state index contributed by atoms with van der Waals surface area (Å²) < 4.78 is 44.4. The second kappa shape index (κ2) is 7.43. The number of alkyl halides is 3. The van der Waals surface area contributed by atoms with Gasteiger partial charge in [-0.15, -0.1) is 0 Å². The number of carbonyl (C=O) groups is 2. The zero-order valence-electron chi connectivity index (χ0n) is 14.6. The van der Waals surface area contributed by atoms with Crippen LogP contribution in [0, 0.1) is 18.8 Å². The topological polar surface area (TPSA) is 78.9 Å². The molecule has 6 nitrogen and oxygen atoms in total. The molecule has 1 aromatic rings. The van der Waals surface area contributed by atoms with Crippen LogP contribution < -0.4 is 10.1 Å². The molecule has 2 rings (SSSR count). The smallest absolute Gasteiger partial charge is 0.394 e. The second-order valence-corrected chi connectivity index (χ2v) is 6.41. The van der Waals surface area contributed by atoms with E-state index in [1.807, 2.05) is 19.1 Å². The summed E-state index contributed by atoms with van der Waals surface area (Å²) in [4.78, 5) is 24.4. The normalized spacial score (nSPS) is 21.4. The molecule has 2 N–H and O–H groups in total. The van der Waals surface area contributed by atoms with E-state index in [9.17, 15) is 22.8 Å². The molecule has 2 amide bonds. The van der Waals surface area contributed by atoms with Crippen LogP contribution in [0.15, 0.2) is 18.2 Å². The molecule has 1 aliphatic heterocycles. The molecule has 0 aliphatic carbocycles. The number of benzene rings is 1. The summed E-state index contributed by atoms with van der Waals surface area (Å²) in [5.41, 5.74) is 1.62. The molecule has 0 aromatic heterocycles. The fourth-order valence-corrected chi connectivity index (χ4v) is 3.10. The molecule has 0 radical (unpaired) electrons. The summed E-state index contributed by atoms with van der Waals surface area (Å²) in [6, 6.07) is 4.13. The van der Waals surface area contributed by atoms with Crippen molar-refractivity contribution in [3.05, 3.63) is 29.3 Å². The standard InChI is InChI=1S/C17H21F3N2O4/c1-9-4-5-14(26-3)11(6-9)10(2)21-16(25)22-7-12(15(23)24)13(8-22)17(18,19)20/h4-6,10,12-13H,7-8H2,1-3H3,(H,21,25)(H,23,24)/t10-,12+,13+/m0/s1. The van der Waals surface area contributed by atoms with Gasteiger partial charge in [-0.3, -0.25) is 4.79 Å². The van der Waals surface area contributed by atoms with E-state index in [2.05, 4.69) is 5.32 Å². The van der Waals surface area contributed by atoms with Crippen molar-refractivity contribution >= 4 is 12.0 Å². The van der Waals surface area contributed by atoms with Crippen LogP contribution in [0.5, 0.6) is 5.75 Å². The van der Waals surface area contributed by atoms with E-state index < -0.39 is 49.1 Å². The quantitative estimate of drug-likeness (QED) is 0.849. The maximum atomic E-state index is 13.0. The van der Waals surface area contributed by atoms with E-state index >= 15 is 0 Å². The van der Waals surface area contributed by atoms with Gasteiger partial charge >= 0.3 is 18.2 Å². The van der Waals surface area contributed by atoms with E-state index in [0.29, 0.717) is 11.3 Å². The number of nitrogens with zero attached hydrogens (tertiary/aromatic N) is 1. The number of halogens is 3. The maximum Gasteiger partial charge on any atom is 0.394 e. The number of ether oxygens (including phenoxy) is 1. The summed E-state index contributed by atoms with van der Waals surface area (Å²) in [5, 5.41) is 11.6. The van der Waals surface area contributed by atoms with Crippen molar-refractivity contribution in [2.24, 2.45) is 11.8 Å². The summed E-state index contributed by atoms with van der Waals surface area (Å²) in [6.45, 7) is 2.39. The van der Waals surface area contributed by atoms with Gasteiger partial charge in [0.25, 0.3) is 0 Å². The van der Waals surface area contributed by atoms with E-state index in [4.69, 9.17) is 9.84 Å². The predicted molar refractivity (Wildman–Crippen MR) is 86.9 cm³/mol. The van der Waals surface area contributed by atoms with Gasteiger partial charge in [0.2, 0.25) is 0 Å². The van der Waals surface area contributed by atoms with E-state index in [-0.39, 0.29) is 0 Å². The first-order chi connectivity index (χ1) is 12.0. The Morgan fingerprint density at radius 3 is 2.50 bits per heavy atom. The van der Waals surface area contributed by atoms with Crippen LogP contribution in [-0.4, -0.2) is 48.4 Å². The first kappa shape index (κ1) is 19.9. The van der Waals surface area contributed by atoms with Gasteiger partial charge in [-0.1, -0.05) is 17.7 Å². The number of hydrogen-bond donors (Lipinski definition) is 2. The van der Waals surface area contributed by atoms with Gasteiger partial charge in [-0.25, -0.2) is 4.79 Å². The van der Waals surface area contributed by atoms with Crippen molar-refractivity contribution in [2.45, 2.75) is 26.1 Å². The van der Waals surface area contributed by atoms with Crippen molar-refractivity contribution in [2.75, 3.05) is 20.2 Å². The molecule has 1 fully saturated rings. The number of amides is 2. The zero-order valence-corrected chi connectivity index (χ0v) is 14.6. The van der Waals surface area contributed by atoms with Crippen molar-refractivity contribution in [1.82, 2.24) is 10.2 Å². The Morgan fingerprint density at radius 1 is 1.35 bits per heavy atom. The highest BCUT2D eigenvalue weighted by atomic mass is 19.4. The molecular weight excluding hydrogens is 353 g/mol. The Morgan fingerprint density at radius 2 is 2.00 bits per heavy atom. The Bertz CT molecular complexity index is 693. The van der Waals surface area contributed by atoms with Crippen molar-refractivity contribution in [3.8, 4) is 5.75 Å². The molecule has 0 bridgehead atoms. The molecule has 1 saturated heterocycles. The Balaban J connectivity index is 2.13. The third-order valence-electron chi connectivity index (χ3n) is 4.54. The highest BCUT2D eigenvalue weighted by Gasteiger charge is 2.53. The molecule has 3 atom stereocenters. The number of carboxylic acids is 1. The van der Waals surface area contributed by atoms with E-state index in [1.54, 1.807) is 13.0 Å². The molecule has 0 spiro atoms. The molecule has 1 heterocycles. The highest BCUT2D eigenvalue weighted by Crippen LogP contribution is 2.38. The number of hydrogen-bond acceptors (Lipinski definition) is 3. The first-order valence-corrected chi connectivity index (χ1v) is 8.04. The zero-order chi connectivity index (χ0) is 19.6. The van der Waals surface area contributed by atoms with Gasteiger partial charge in [0.15, 0.2) is 0 Å².